The van der Waals surface area contributed by atoms with Crippen molar-refractivity contribution in [1.82, 2.24) is 0 Å². The van der Waals surface area contributed by atoms with Crippen LogP contribution >= 0.6 is 0 Å². The first-order chi connectivity index (χ1) is 7.95. The molecule has 17 heavy (non-hydrogen) atoms. The molecule has 90 valence electrons. The Morgan fingerprint density at radius 3 is 2.47 bits per heavy atom. The molecule has 0 saturated heterocycles. The Labute approximate surface area is 103 Å². The maximum absolute atomic E-state index is 12.0. The Hall–Kier alpha value is -1.62. The molecule has 2 nitrogen and oxygen atoms in total. The number of nitrogens with zero attached hydrogens (tertiary/aromatic N) is 1. The van der Waals surface area contributed by atoms with Gasteiger partial charge in [-0.05, 0) is 30.9 Å². The summed E-state index contributed by atoms with van der Waals surface area (Å²) in [5.41, 5.74) is 3.02. The fraction of sp³-hybridized carbons (Fsp3) is 0.467. The van der Waals surface area contributed by atoms with Crippen LogP contribution in [0.25, 0.3) is 0 Å². The van der Waals surface area contributed by atoms with Crippen LogP contribution in [0.1, 0.15) is 42.9 Å². The Kier molecular flexibility index (Phi) is 4.45. The Balaban J connectivity index is 3.02. The molecule has 0 heterocycles. The first-order valence-corrected chi connectivity index (χ1v) is 5.95. The van der Waals surface area contributed by atoms with Crippen LogP contribution in [0.5, 0.6) is 0 Å². The van der Waals surface area contributed by atoms with Gasteiger partial charge in [0.2, 0.25) is 0 Å². The fourth-order valence-corrected chi connectivity index (χ4v) is 1.98. The zero-order valence-electron chi connectivity index (χ0n) is 10.9. The van der Waals surface area contributed by atoms with E-state index >= 15 is 0 Å². The quantitative estimate of drug-likeness (QED) is 0.792. The van der Waals surface area contributed by atoms with Gasteiger partial charge in [-0.1, -0.05) is 37.6 Å². The van der Waals surface area contributed by atoms with Gasteiger partial charge in [0.05, 0.1) is 6.07 Å². The van der Waals surface area contributed by atoms with E-state index in [0.29, 0.717) is 12.3 Å². The summed E-state index contributed by atoms with van der Waals surface area (Å²) in [6.07, 6.45) is 0.464. The van der Waals surface area contributed by atoms with Crippen molar-refractivity contribution in [3.05, 3.63) is 34.9 Å². The fourth-order valence-electron chi connectivity index (χ4n) is 1.98. The second-order valence-corrected chi connectivity index (χ2v) is 4.99. The van der Waals surface area contributed by atoms with Gasteiger partial charge in [-0.25, -0.2) is 0 Å². The van der Waals surface area contributed by atoms with E-state index in [1.807, 2.05) is 45.9 Å². The van der Waals surface area contributed by atoms with E-state index in [9.17, 15) is 10.1 Å². The van der Waals surface area contributed by atoms with E-state index in [2.05, 4.69) is 6.07 Å². The minimum Gasteiger partial charge on any atom is -0.298 e. The summed E-state index contributed by atoms with van der Waals surface area (Å²) < 4.78 is 0. The molecule has 0 bridgehead atoms. The predicted molar refractivity (Wildman–Crippen MR) is 68.7 cm³/mol. The maximum Gasteiger partial charge on any atom is 0.154 e. The third kappa shape index (κ3) is 3.42. The molecule has 0 aliphatic heterocycles. The Morgan fingerprint density at radius 2 is 2.00 bits per heavy atom. The predicted octanol–water partition coefficient (Wildman–Crippen LogP) is 3.53. The summed E-state index contributed by atoms with van der Waals surface area (Å²) in [6.45, 7) is 7.95. The maximum atomic E-state index is 12.0. The lowest BCUT2D eigenvalue weighted by Gasteiger charge is -2.13. The van der Waals surface area contributed by atoms with Crippen LogP contribution in [-0.4, -0.2) is 5.78 Å². The molecule has 1 unspecified atom stereocenters. The molecule has 0 fully saturated rings. The summed E-state index contributed by atoms with van der Waals surface area (Å²) in [5.74, 6) is -0.295. The zero-order chi connectivity index (χ0) is 13.0. The van der Waals surface area contributed by atoms with Gasteiger partial charge in [0.1, 0.15) is 5.92 Å². The second-order valence-electron chi connectivity index (χ2n) is 4.99. The van der Waals surface area contributed by atoms with E-state index in [-0.39, 0.29) is 5.78 Å². The summed E-state index contributed by atoms with van der Waals surface area (Å²) in [6, 6.07) is 8.00. The molecule has 0 aliphatic rings. The number of hydrogen-bond acceptors (Lipinski definition) is 2. The topological polar surface area (TPSA) is 40.9 Å². The third-order valence-corrected chi connectivity index (χ3v) is 2.80. The molecule has 1 rings (SSSR count). The van der Waals surface area contributed by atoms with Gasteiger partial charge < -0.3 is 0 Å². The average molecular weight is 229 g/mol. The summed E-state index contributed by atoms with van der Waals surface area (Å²) >= 11 is 0. The summed E-state index contributed by atoms with van der Waals surface area (Å²) in [5, 5.41) is 9.19. The molecule has 0 aromatic heterocycles. The van der Waals surface area contributed by atoms with Gasteiger partial charge >= 0.3 is 0 Å². The van der Waals surface area contributed by atoms with E-state index < -0.39 is 5.92 Å². The van der Waals surface area contributed by atoms with Gasteiger partial charge in [0.15, 0.2) is 5.78 Å². The van der Waals surface area contributed by atoms with Crippen LogP contribution in [0.3, 0.4) is 0 Å². The molecule has 2 heteroatoms. The minimum absolute atomic E-state index is 0.0226. The second kappa shape index (κ2) is 5.63. The molecule has 1 aromatic carbocycles. The molecular weight excluding hydrogens is 210 g/mol. The first-order valence-electron chi connectivity index (χ1n) is 5.95. The molecular formula is C15H19NO. The number of carbonyl (C=O) groups is 1. The highest BCUT2D eigenvalue weighted by molar-refractivity contribution is 5.88. The van der Waals surface area contributed by atoms with Crippen LogP contribution in [0, 0.1) is 31.1 Å². The van der Waals surface area contributed by atoms with Crippen molar-refractivity contribution in [3.8, 4) is 6.07 Å². The van der Waals surface area contributed by atoms with E-state index in [1.54, 1.807) is 0 Å². The van der Waals surface area contributed by atoms with Gasteiger partial charge in [0.25, 0.3) is 0 Å². The van der Waals surface area contributed by atoms with Crippen LogP contribution in [-0.2, 0) is 4.79 Å². The van der Waals surface area contributed by atoms with Crippen LogP contribution in [0.4, 0.5) is 0 Å². The molecule has 0 amide bonds. The van der Waals surface area contributed by atoms with Crippen LogP contribution < -0.4 is 0 Å². The molecule has 1 atom stereocenters. The van der Waals surface area contributed by atoms with Crippen molar-refractivity contribution in [2.24, 2.45) is 5.92 Å². The number of benzene rings is 1. The van der Waals surface area contributed by atoms with E-state index in [0.717, 1.165) is 16.7 Å². The Bertz CT molecular complexity index is 454. The zero-order valence-corrected chi connectivity index (χ0v) is 10.9. The lowest BCUT2D eigenvalue weighted by Crippen LogP contribution is -2.14. The molecule has 0 radical (unpaired) electrons. The van der Waals surface area contributed by atoms with Crippen LogP contribution in [0.2, 0.25) is 0 Å². The van der Waals surface area contributed by atoms with Crippen molar-refractivity contribution in [1.29, 1.82) is 5.26 Å². The number of nitriles is 1. The molecule has 0 saturated carbocycles. The number of hydrogen-bond donors (Lipinski definition) is 0. The average Bonchev–Trinajstić information content (AvgIpc) is 2.21. The SMILES string of the molecule is Cc1ccc(C(C#N)C(=O)CC(C)C)c(C)c1. The van der Waals surface area contributed by atoms with Crippen molar-refractivity contribution in [3.63, 3.8) is 0 Å². The highest BCUT2D eigenvalue weighted by Crippen LogP contribution is 2.23. The number of rotatable bonds is 4. The van der Waals surface area contributed by atoms with E-state index in [1.165, 1.54) is 0 Å². The smallest absolute Gasteiger partial charge is 0.154 e. The van der Waals surface area contributed by atoms with Gasteiger partial charge in [-0.3, -0.25) is 4.79 Å². The van der Waals surface area contributed by atoms with Crippen molar-refractivity contribution >= 4 is 5.78 Å². The summed E-state index contributed by atoms with van der Waals surface area (Å²) in [7, 11) is 0. The third-order valence-electron chi connectivity index (χ3n) is 2.80. The first kappa shape index (κ1) is 13.4. The highest BCUT2D eigenvalue weighted by atomic mass is 16.1. The van der Waals surface area contributed by atoms with Crippen molar-refractivity contribution in [2.45, 2.75) is 40.0 Å². The monoisotopic (exact) mass is 229 g/mol. The van der Waals surface area contributed by atoms with Gasteiger partial charge in [-0.2, -0.15) is 5.26 Å². The number of aryl methyl sites for hydroxylation is 2. The normalized spacial score (nSPS) is 12.2. The minimum atomic E-state index is -0.613. The molecule has 0 spiro atoms. The standard InChI is InChI=1S/C15H19NO/c1-10(2)7-15(17)14(9-16)13-6-5-11(3)8-12(13)4/h5-6,8,10,14H,7H2,1-4H3. The van der Waals surface area contributed by atoms with Gasteiger partial charge in [0, 0.05) is 6.42 Å². The lowest BCUT2D eigenvalue weighted by molar-refractivity contribution is -0.120. The van der Waals surface area contributed by atoms with Crippen LogP contribution in [0.15, 0.2) is 18.2 Å². The highest BCUT2D eigenvalue weighted by Gasteiger charge is 2.22. The number of Topliss-reactive ketones (excluding diaryl/α,β-unsaturated/α-hetero) is 1. The lowest BCUT2D eigenvalue weighted by atomic mass is 9.88. The van der Waals surface area contributed by atoms with Gasteiger partial charge in [-0.15, -0.1) is 0 Å². The van der Waals surface area contributed by atoms with E-state index in [4.69, 9.17) is 0 Å². The number of carbonyl (C=O) groups excluding carboxylic acids is 1. The molecule has 1 aromatic rings. The van der Waals surface area contributed by atoms with Crippen molar-refractivity contribution < 1.29 is 4.79 Å². The van der Waals surface area contributed by atoms with Crippen molar-refractivity contribution in [2.75, 3.05) is 0 Å². The summed E-state index contributed by atoms with van der Waals surface area (Å²) in [4.78, 5) is 12.0. The Morgan fingerprint density at radius 1 is 1.35 bits per heavy atom. The largest absolute Gasteiger partial charge is 0.298 e. The molecule has 0 N–H and O–H groups in total. The molecule has 0 aliphatic carbocycles. The number of ketones is 1.